The van der Waals surface area contributed by atoms with Crippen molar-refractivity contribution in [1.82, 2.24) is 4.90 Å². The van der Waals surface area contributed by atoms with Crippen molar-refractivity contribution in [3.05, 3.63) is 0 Å². The fourth-order valence-electron chi connectivity index (χ4n) is 0.625. The summed E-state index contributed by atoms with van der Waals surface area (Å²) < 4.78 is 0. The number of carbonyl (C=O) groups is 1. The van der Waals surface area contributed by atoms with Gasteiger partial charge in [-0.05, 0) is 6.54 Å². The minimum absolute atomic E-state index is 0.127. The molecular formula is C6H13NO2. The molecule has 0 aliphatic carbocycles. The van der Waals surface area contributed by atoms with Gasteiger partial charge in [0.25, 0.3) is 0 Å². The van der Waals surface area contributed by atoms with Crippen molar-refractivity contribution in [2.75, 3.05) is 26.2 Å². The average Bonchev–Trinajstić information content (AvgIpc) is 1.88. The molecule has 9 heavy (non-hydrogen) atoms. The molecule has 0 atom stereocenters. The van der Waals surface area contributed by atoms with Crippen LogP contribution in [0.5, 0.6) is 0 Å². The predicted octanol–water partition coefficient (Wildman–Crippen LogP) is -0.501. The molecule has 0 amide bonds. The second kappa shape index (κ2) is 5.72. The van der Waals surface area contributed by atoms with Crippen LogP contribution in [0.1, 0.15) is 6.92 Å². The van der Waals surface area contributed by atoms with Crippen LogP contribution in [0.15, 0.2) is 0 Å². The third-order valence-corrected chi connectivity index (χ3v) is 1.20. The van der Waals surface area contributed by atoms with E-state index >= 15 is 0 Å². The van der Waals surface area contributed by atoms with Gasteiger partial charge in [0.1, 0.15) is 6.29 Å². The highest BCUT2D eigenvalue weighted by atomic mass is 16.3. The number of hydrogen-bond acceptors (Lipinski definition) is 3. The van der Waals surface area contributed by atoms with Crippen LogP contribution in [0.3, 0.4) is 0 Å². The zero-order chi connectivity index (χ0) is 7.11. The van der Waals surface area contributed by atoms with Crippen LogP contribution in [-0.2, 0) is 4.79 Å². The summed E-state index contributed by atoms with van der Waals surface area (Å²) in [6.07, 6.45) is 0.846. The van der Waals surface area contributed by atoms with Crippen molar-refractivity contribution in [3.63, 3.8) is 0 Å². The van der Waals surface area contributed by atoms with Gasteiger partial charge in [-0.15, -0.1) is 0 Å². The Bertz CT molecular complexity index is 75.5. The first-order valence-corrected chi connectivity index (χ1v) is 3.12. The minimum Gasteiger partial charge on any atom is -0.395 e. The Hall–Kier alpha value is -0.410. The highest BCUT2D eigenvalue weighted by Gasteiger charge is 1.96. The Labute approximate surface area is 55.3 Å². The van der Waals surface area contributed by atoms with Crippen molar-refractivity contribution in [3.8, 4) is 0 Å². The molecule has 0 bridgehead atoms. The summed E-state index contributed by atoms with van der Waals surface area (Å²) in [6, 6.07) is 0. The van der Waals surface area contributed by atoms with E-state index in [1.807, 2.05) is 11.8 Å². The van der Waals surface area contributed by atoms with E-state index in [1.165, 1.54) is 0 Å². The maximum atomic E-state index is 9.93. The number of rotatable bonds is 5. The standard InChI is InChI=1S/C6H13NO2/c1-2-7(3-5-8)4-6-9/h5,9H,2-4,6H2,1H3. The summed E-state index contributed by atoms with van der Waals surface area (Å²) in [5.41, 5.74) is 0. The molecule has 0 aromatic heterocycles. The summed E-state index contributed by atoms with van der Waals surface area (Å²) >= 11 is 0. The van der Waals surface area contributed by atoms with Gasteiger partial charge < -0.3 is 9.90 Å². The lowest BCUT2D eigenvalue weighted by Gasteiger charge is -2.14. The van der Waals surface area contributed by atoms with Crippen molar-refractivity contribution < 1.29 is 9.90 Å². The third-order valence-electron chi connectivity index (χ3n) is 1.20. The van der Waals surface area contributed by atoms with E-state index in [9.17, 15) is 4.79 Å². The fourth-order valence-corrected chi connectivity index (χ4v) is 0.625. The monoisotopic (exact) mass is 131 g/mol. The number of likely N-dealkylation sites (N-methyl/N-ethyl adjacent to an activating group) is 1. The lowest BCUT2D eigenvalue weighted by Crippen LogP contribution is -2.28. The van der Waals surface area contributed by atoms with Crippen LogP contribution < -0.4 is 0 Å². The SMILES string of the molecule is CCN(CC=O)CCO. The Morgan fingerprint density at radius 3 is 2.67 bits per heavy atom. The van der Waals surface area contributed by atoms with Crippen molar-refractivity contribution in [1.29, 1.82) is 0 Å². The predicted molar refractivity (Wildman–Crippen MR) is 35.3 cm³/mol. The van der Waals surface area contributed by atoms with Gasteiger partial charge in [-0.1, -0.05) is 6.92 Å². The number of aldehydes is 1. The smallest absolute Gasteiger partial charge is 0.133 e. The first-order chi connectivity index (χ1) is 4.35. The van der Waals surface area contributed by atoms with E-state index in [0.29, 0.717) is 13.1 Å². The van der Waals surface area contributed by atoms with Crippen LogP contribution in [-0.4, -0.2) is 42.5 Å². The summed E-state index contributed by atoms with van der Waals surface area (Å²) in [5.74, 6) is 0. The molecule has 0 spiro atoms. The molecule has 0 aliphatic heterocycles. The van der Waals surface area contributed by atoms with Gasteiger partial charge in [0.15, 0.2) is 0 Å². The van der Waals surface area contributed by atoms with E-state index in [-0.39, 0.29) is 6.61 Å². The molecule has 3 nitrogen and oxygen atoms in total. The van der Waals surface area contributed by atoms with Gasteiger partial charge in [0, 0.05) is 6.54 Å². The molecular weight excluding hydrogens is 118 g/mol. The molecule has 0 radical (unpaired) electrons. The van der Waals surface area contributed by atoms with Gasteiger partial charge in [-0.25, -0.2) is 0 Å². The summed E-state index contributed by atoms with van der Waals surface area (Å²) in [7, 11) is 0. The molecule has 0 unspecified atom stereocenters. The molecule has 0 saturated heterocycles. The normalized spacial score (nSPS) is 10.1. The Morgan fingerprint density at radius 1 is 1.67 bits per heavy atom. The van der Waals surface area contributed by atoms with Gasteiger partial charge in [0.05, 0.1) is 13.2 Å². The number of nitrogens with zero attached hydrogens (tertiary/aromatic N) is 1. The largest absolute Gasteiger partial charge is 0.395 e. The molecule has 0 saturated carbocycles. The third kappa shape index (κ3) is 4.12. The fraction of sp³-hybridized carbons (Fsp3) is 0.833. The van der Waals surface area contributed by atoms with Crippen LogP contribution in [0.2, 0.25) is 0 Å². The molecule has 0 heterocycles. The summed E-state index contributed by atoms with van der Waals surface area (Å²) in [5, 5.41) is 8.44. The molecule has 1 N–H and O–H groups in total. The average molecular weight is 131 g/mol. The molecule has 0 fully saturated rings. The topological polar surface area (TPSA) is 40.5 Å². The lowest BCUT2D eigenvalue weighted by molar-refractivity contribution is -0.108. The maximum Gasteiger partial charge on any atom is 0.133 e. The number of hydrogen-bond donors (Lipinski definition) is 1. The Balaban J connectivity index is 3.28. The molecule has 54 valence electrons. The molecule has 3 heteroatoms. The van der Waals surface area contributed by atoms with Crippen LogP contribution in [0.25, 0.3) is 0 Å². The number of aliphatic hydroxyl groups is 1. The van der Waals surface area contributed by atoms with E-state index < -0.39 is 0 Å². The van der Waals surface area contributed by atoms with Gasteiger partial charge >= 0.3 is 0 Å². The van der Waals surface area contributed by atoms with Gasteiger partial charge in [0.2, 0.25) is 0 Å². The van der Waals surface area contributed by atoms with Gasteiger partial charge in [-0.3, -0.25) is 4.90 Å². The molecule has 0 rings (SSSR count). The lowest BCUT2D eigenvalue weighted by atomic mass is 10.5. The first-order valence-electron chi connectivity index (χ1n) is 3.12. The van der Waals surface area contributed by atoms with Crippen molar-refractivity contribution >= 4 is 6.29 Å². The zero-order valence-electron chi connectivity index (χ0n) is 5.71. The zero-order valence-corrected chi connectivity index (χ0v) is 5.71. The molecule has 0 aromatic rings. The molecule has 0 aromatic carbocycles. The Kier molecular flexibility index (Phi) is 5.46. The summed E-state index contributed by atoms with van der Waals surface area (Å²) in [6.45, 7) is 3.92. The quantitative estimate of drug-likeness (QED) is 0.511. The van der Waals surface area contributed by atoms with E-state index in [2.05, 4.69) is 0 Å². The molecule has 0 aliphatic rings. The van der Waals surface area contributed by atoms with Crippen LogP contribution in [0, 0.1) is 0 Å². The highest BCUT2D eigenvalue weighted by Crippen LogP contribution is 1.81. The second-order valence-corrected chi connectivity index (χ2v) is 1.78. The number of aliphatic hydroxyl groups excluding tert-OH is 1. The van der Waals surface area contributed by atoms with E-state index in [1.54, 1.807) is 0 Å². The summed E-state index contributed by atoms with van der Waals surface area (Å²) in [4.78, 5) is 11.8. The minimum atomic E-state index is 0.127. The van der Waals surface area contributed by atoms with Gasteiger partial charge in [-0.2, -0.15) is 0 Å². The van der Waals surface area contributed by atoms with Crippen LogP contribution in [0.4, 0.5) is 0 Å². The van der Waals surface area contributed by atoms with E-state index in [4.69, 9.17) is 5.11 Å². The Morgan fingerprint density at radius 2 is 2.33 bits per heavy atom. The maximum absolute atomic E-state index is 9.93. The van der Waals surface area contributed by atoms with Crippen LogP contribution >= 0.6 is 0 Å². The first kappa shape index (κ1) is 8.59. The van der Waals surface area contributed by atoms with E-state index in [0.717, 1.165) is 12.8 Å². The highest BCUT2D eigenvalue weighted by molar-refractivity contribution is 5.51. The van der Waals surface area contributed by atoms with Crippen molar-refractivity contribution in [2.45, 2.75) is 6.92 Å². The number of carbonyl (C=O) groups excluding carboxylic acids is 1. The second-order valence-electron chi connectivity index (χ2n) is 1.78. The van der Waals surface area contributed by atoms with Crippen molar-refractivity contribution in [2.24, 2.45) is 0 Å².